The van der Waals surface area contributed by atoms with Crippen LogP contribution in [-0.2, 0) is 0 Å². The number of benzene rings is 2. The molecular weight excluding hydrogens is 306 g/mol. The van der Waals surface area contributed by atoms with E-state index in [9.17, 15) is 14.4 Å². The van der Waals surface area contributed by atoms with Crippen LogP contribution in [0.5, 0.6) is 0 Å². The predicted molar refractivity (Wildman–Crippen MR) is 89.0 cm³/mol. The predicted octanol–water partition coefficient (Wildman–Crippen LogP) is 1.74. The summed E-state index contributed by atoms with van der Waals surface area (Å²) in [6, 6.07) is 16.7. The summed E-state index contributed by atoms with van der Waals surface area (Å²) in [4.78, 5) is 40.6. The summed E-state index contributed by atoms with van der Waals surface area (Å²) in [6.45, 7) is 0. The fourth-order valence-corrected chi connectivity index (χ4v) is 2.25. The van der Waals surface area contributed by atoms with E-state index >= 15 is 0 Å². The van der Waals surface area contributed by atoms with E-state index < -0.39 is 17.4 Å². The van der Waals surface area contributed by atoms with E-state index in [1.807, 2.05) is 0 Å². The van der Waals surface area contributed by atoms with Gasteiger partial charge in [-0.25, -0.2) is 9.36 Å². The average molecular weight is 319 g/mol. The Bertz CT molecular complexity index is 964. The number of nitrogens with zero attached hydrogens (tertiary/aromatic N) is 2. The molecule has 2 aromatic carbocycles. The maximum absolute atomic E-state index is 12.5. The maximum Gasteiger partial charge on any atom is 0.356 e. The number of nitrogen functional groups attached to an aromatic ring is 1. The van der Waals surface area contributed by atoms with Crippen molar-refractivity contribution in [1.82, 2.24) is 9.55 Å². The molecule has 6 nitrogen and oxygen atoms in total. The Morgan fingerprint density at radius 1 is 0.875 bits per heavy atom. The Morgan fingerprint density at radius 2 is 1.42 bits per heavy atom. The first-order valence-electron chi connectivity index (χ1n) is 7.16. The van der Waals surface area contributed by atoms with Gasteiger partial charge in [0, 0.05) is 17.3 Å². The first-order valence-corrected chi connectivity index (χ1v) is 7.16. The van der Waals surface area contributed by atoms with Crippen LogP contribution in [-0.4, -0.2) is 21.2 Å². The second kappa shape index (κ2) is 6.29. The van der Waals surface area contributed by atoms with E-state index in [2.05, 4.69) is 4.98 Å². The minimum absolute atomic E-state index is 0.00470. The molecule has 0 fully saturated rings. The second-order valence-electron chi connectivity index (χ2n) is 5.06. The smallest absolute Gasteiger partial charge is 0.356 e. The Morgan fingerprint density at radius 3 is 2.00 bits per heavy atom. The zero-order chi connectivity index (χ0) is 17.1. The molecule has 0 saturated carbocycles. The highest BCUT2D eigenvalue weighted by Gasteiger charge is 2.19. The topological polar surface area (TPSA) is 95.0 Å². The molecular formula is C18H13N3O3. The number of hydrogen-bond donors (Lipinski definition) is 1. The average Bonchev–Trinajstić information content (AvgIpc) is 2.62. The van der Waals surface area contributed by atoms with E-state index in [-0.39, 0.29) is 11.4 Å². The fourth-order valence-electron chi connectivity index (χ4n) is 2.25. The lowest BCUT2D eigenvalue weighted by atomic mass is 10.1. The van der Waals surface area contributed by atoms with Crippen LogP contribution in [0.25, 0.3) is 0 Å². The minimum atomic E-state index is -0.828. The lowest BCUT2D eigenvalue weighted by Crippen LogP contribution is -2.31. The number of hydrogen-bond acceptors (Lipinski definition) is 5. The first-order chi connectivity index (χ1) is 11.6. The van der Waals surface area contributed by atoms with Crippen molar-refractivity contribution in [3.8, 4) is 0 Å². The highest BCUT2D eigenvalue weighted by Crippen LogP contribution is 2.13. The van der Waals surface area contributed by atoms with Crippen LogP contribution in [0.4, 0.5) is 5.82 Å². The molecule has 1 heterocycles. The number of ketones is 1. The Kier molecular flexibility index (Phi) is 4.03. The van der Waals surface area contributed by atoms with Gasteiger partial charge in [0.25, 0.3) is 5.91 Å². The molecule has 0 saturated heterocycles. The normalized spacial score (nSPS) is 10.3. The number of rotatable bonds is 3. The minimum Gasteiger partial charge on any atom is -0.383 e. The van der Waals surface area contributed by atoms with Gasteiger partial charge in [0.1, 0.15) is 5.82 Å². The molecule has 0 amide bonds. The van der Waals surface area contributed by atoms with Crippen molar-refractivity contribution >= 4 is 17.5 Å². The SMILES string of the molecule is Nc1nc(=O)n(C(=O)c2ccccc2)cc1C(=O)c1ccccc1. The molecule has 0 atom stereocenters. The lowest BCUT2D eigenvalue weighted by molar-refractivity contribution is 0.0954. The van der Waals surface area contributed by atoms with Gasteiger partial charge < -0.3 is 5.73 Å². The Hall–Kier alpha value is -3.54. The van der Waals surface area contributed by atoms with Crippen molar-refractivity contribution in [3.05, 3.63) is 94.0 Å². The molecule has 3 rings (SSSR count). The second-order valence-corrected chi connectivity index (χ2v) is 5.06. The van der Waals surface area contributed by atoms with Crippen molar-refractivity contribution in [1.29, 1.82) is 0 Å². The molecule has 0 aliphatic heterocycles. The molecule has 0 bridgehead atoms. The molecule has 118 valence electrons. The van der Waals surface area contributed by atoms with Crippen LogP contribution in [0.3, 0.4) is 0 Å². The van der Waals surface area contributed by atoms with Gasteiger partial charge >= 0.3 is 5.69 Å². The summed E-state index contributed by atoms with van der Waals surface area (Å²) in [5.41, 5.74) is 5.59. The third-order valence-corrected chi connectivity index (χ3v) is 3.48. The summed E-state index contributed by atoms with van der Waals surface area (Å²) in [5.74, 6) is -1.18. The number of anilines is 1. The van der Waals surface area contributed by atoms with Crippen molar-refractivity contribution in [2.75, 3.05) is 5.73 Å². The summed E-state index contributed by atoms with van der Waals surface area (Å²) in [5, 5.41) is 0. The van der Waals surface area contributed by atoms with Crippen molar-refractivity contribution in [2.24, 2.45) is 0 Å². The Balaban J connectivity index is 2.09. The van der Waals surface area contributed by atoms with Gasteiger partial charge in [0.05, 0.1) is 5.56 Å². The lowest BCUT2D eigenvalue weighted by Gasteiger charge is -2.08. The molecule has 0 spiro atoms. The van der Waals surface area contributed by atoms with E-state index in [0.29, 0.717) is 11.1 Å². The molecule has 24 heavy (non-hydrogen) atoms. The van der Waals surface area contributed by atoms with Crippen LogP contribution in [0.15, 0.2) is 71.7 Å². The van der Waals surface area contributed by atoms with Crippen molar-refractivity contribution in [3.63, 3.8) is 0 Å². The standard InChI is InChI=1S/C18H13N3O3/c19-16-14(15(22)12-7-3-1-4-8-12)11-21(18(24)20-16)17(23)13-9-5-2-6-10-13/h1-11H,(H2,19,20,24). The zero-order valence-electron chi connectivity index (χ0n) is 12.5. The third kappa shape index (κ3) is 2.85. The quantitative estimate of drug-likeness (QED) is 0.742. The van der Waals surface area contributed by atoms with Gasteiger partial charge in [-0.3, -0.25) is 9.59 Å². The largest absolute Gasteiger partial charge is 0.383 e. The maximum atomic E-state index is 12.5. The van der Waals surface area contributed by atoms with Crippen LogP contribution >= 0.6 is 0 Å². The summed E-state index contributed by atoms with van der Waals surface area (Å²) in [6.07, 6.45) is 1.15. The van der Waals surface area contributed by atoms with Gasteiger partial charge in [-0.2, -0.15) is 4.98 Å². The van der Waals surface area contributed by atoms with Crippen molar-refractivity contribution in [2.45, 2.75) is 0 Å². The van der Waals surface area contributed by atoms with Crippen LogP contribution in [0.1, 0.15) is 26.3 Å². The fraction of sp³-hybridized carbons (Fsp3) is 0. The van der Waals surface area contributed by atoms with Crippen LogP contribution in [0.2, 0.25) is 0 Å². The van der Waals surface area contributed by atoms with Crippen LogP contribution < -0.4 is 11.4 Å². The van der Waals surface area contributed by atoms with E-state index in [1.54, 1.807) is 60.7 Å². The summed E-state index contributed by atoms with van der Waals surface area (Å²) >= 11 is 0. The summed E-state index contributed by atoms with van der Waals surface area (Å²) < 4.78 is 0.794. The molecule has 2 N–H and O–H groups in total. The van der Waals surface area contributed by atoms with E-state index in [0.717, 1.165) is 10.8 Å². The van der Waals surface area contributed by atoms with Crippen molar-refractivity contribution < 1.29 is 9.59 Å². The number of nitrogens with two attached hydrogens (primary N) is 1. The zero-order valence-corrected chi connectivity index (χ0v) is 12.5. The number of carbonyl (C=O) groups excluding carboxylic acids is 2. The van der Waals surface area contributed by atoms with E-state index in [4.69, 9.17) is 5.73 Å². The first kappa shape index (κ1) is 15.4. The van der Waals surface area contributed by atoms with Gasteiger partial charge in [-0.05, 0) is 12.1 Å². The van der Waals surface area contributed by atoms with Crippen LogP contribution in [0, 0.1) is 0 Å². The highest BCUT2D eigenvalue weighted by molar-refractivity contribution is 6.11. The Labute approximate surface area is 137 Å². The monoisotopic (exact) mass is 319 g/mol. The molecule has 1 aromatic heterocycles. The summed E-state index contributed by atoms with van der Waals surface area (Å²) in [7, 11) is 0. The molecule has 0 unspecified atom stereocenters. The van der Waals surface area contributed by atoms with Gasteiger partial charge in [0.15, 0.2) is 5.78 Å². The number of aromatic nitrogens is 2. The highest BCUT2D eigenvalue weighted by atomic mass is 16.2. The third-order valence-electron chi connectivity index (χ3n) is 3.48. The molecule has 0 aliphatic carbocycles. The van der Waals surface area contributed by atoms with Gasteiger partial charge in [0.2, 0.25) is 0 Å². The van der Waals surface area contributed by atoms with Gasteiger partial charge in [-0.1, -0.05) is 48.5 Å². The molecule has 0 aliphatic rings. The molecule has 0 radical (unpaired) electrons. The molecule has 6 heteroatoms. The van der Waals surface area contributed by atoms with E-state index in [1.165, 1.54) is 0 Å². The number of carbonyl (C=O) groups is 2. The molecule has 3 aromatic rings. The van der Waals surface area contributed by atoms with Gasteiger partial charge in [-0.15, -0.1) is 0 Å².